The minimum absolute atomic E-state index is 0.0278. The van der Waals surface area contributed by atoms with Crippen LogP contribution < -0.4 is 20.1 Å². The minimum Gasteiger partial charge on any atom is -0.497 e. The van der Waals surface area contributed by atoms with Crippen LogP contribution in [0.4, 0.5) is 4.79 Å². The molecule has 0 spiro atoms. The van der Waals surface area contributed by atoms with Crippen molar-refractivity contribution in [2.45, 2.75) is 43.5 Å². The molecule has 0 aromatic heterocycles. The van der Waals surface area contributed by atoms with Crippen LogP contribution in [0, 0.1) is 0 Å². The van der Waals surface area contributed by atoms with Crippen molar-refractivity contribution in [1.82, 2.24) is 15.4 Å². The molecule has 1 fully saturated rings. The van der Waals surface area contributed by atoms with Gasteiger partial charge in [-0.1, -0.05) is 12.1 Å². The third kappa shape index (κ3) is 6.12. The van der Waals surface area contributed by atoms with Crippen LogP contribution in [0.3, 0.4) is 0 Å². The summed E-state index contributed by atoms with van der Waals surface area (Å²) in [6.45, 7) is 1.32. The van der Waals surface area contributed by atoms with Crippen LogP contribution in [0.5, 0.6) is 5.75 Å². The van der Waals surface area contributed by atoms with Crippen molar-refractivity contribution in [2.24, 2.45) is 0 Å². The summed E-state index contributed by atoms with van der Waals surface area (Å²) in [7, 11) is -2.23. The maximum Gasteiger partial charge on any atom is 0.329 e. The van der Waals surface area contributed by atoms with E-state index in [0.717, 1.165) is 0 Å². The Morgan fingerprint density at radius 3 is 2.29 bits per heavy atom. The van der Waals surface area contributed by atoms with Crippen molar-refractivity contribution >= 4 is 27.9 Å². The molecule has 0 saturated heterocycles. The van der Waals surface area contributed by atoms with E-state index < -0.39 is 45.3 Å². The lowest BCUT2D eigenvalue weighted by atomic mass is 10.1. The molecular formula is C17H23N3O7S. The smallest absolute Gasteiger partial charge is 0.329 e. The number of carbonyl (C=O) groups is 3. The summed E-state index contributed by atoms with van der Waals surface area (Å²) in [5.41, 5.74) is 0.669. The van der Waals surface area contributed by atoms with Crippen molar-refractivity contribution < 1.29 is 32.6 Å². The lowest BCUT2D eigenvalue weighted by Gasteiger charge is -2.19. The van der Waals surface area contributed by atoms with E-state index in [1.54, 1.807) is 24.3 Å². The van der Waals surface area contributed by atoms with Gasteiger partial charge >= 0.3 is 12.0 Å². The third-order valence-corrected chi connectivity index (χ3v) is 5.97. The fraction of sp³-hybridized carbons (Fsp3) is 0.471. The number of carboxylic acid groups (broad SMARTS) is 1. The van der Waals surface area contributed by atoms with Crippen molar-refractivity contribution in [3.8, 4) is 5.75 Å². The van der Waals surface area contributed by atoms with Crippen LogP contribution in [0.2, 0.25) is 0 Å². The Balaban J connectivity index is 1.90. The molecule has 0 unspecified atom stereocenters. The number of aliphatic carboxylic acids is 1. The van der Waals surface area contributed by atoms with Crippen LogP contribution in [-0.2, 0) is 26.0 Å². The molecule has 1 aromatic carbocycles. The first-order chi connectivity index (χ1) is 13.1. The Morgan fingerprint density at radius 1 is 1.18 bits per heavy atom. The fourth-order valence-electron chi connectivity index (χ4n) is 2.38. The number of ether oxygens (including phenoxy) is 1. The zero-order valence-electron chi connectivity index (χ0n) is 15.5. The van der Waals surface area contributed by atoms with Crippen LogP contribution >= 0.6 is 0 Å². The average molecular weight is 413 g/mol. The largest absolute Gasteiger partial charge is 0.497 e. The second-order valence-corrected chi connectivity index (χ2v) is 8.45. The van der Waals surface area contributed by atoms with E-state index in [2.05, 4.69) is 10.6 Å². The molecule has 10 nitrogen and oxygen atoms in total. The zero-order valence-corrected chi connectivity index (χ0v) is 16.3. The molecule has 0 radical (unpaired) electrons. The van der Waals surface area contributed by atoms with Crippen LogP contribution in [0.25, 0.3) is 0 Å². The maximum atomic E-state index is 12.2. The van der Waals surface area contributed by atoms with Gasteiger partial charge in [0.15, 0.2) is 0 Å². The van der Waals surface area contributed by atoms with Gasteiger partial charge in [-0.05, 0) is 37.5 Å². The van der Waals surface area contributed by atoms with Crippen LogP contribution in [0.15, 0.2) is 24.3 Å². The molecule has 3 amide bonds. The number of amides is 3. The molecule has 4 N–H and O–H groups in total. The number of carboxylic acids is 1. The van der Waals surface area contributed by atoms with Gasteiger partial charge in [0, 0.05) is 6.42 Å². The number of nitrogens with one attached hydrogen (secondary N) is 3. The SMILES string of the molecule is COc1ccc(C[C@H](NC(=O)[C@H](C)NC(=O)NS(=O)(=O)C2CC2)C(=O)O)cc1. The minimum atomic E-state index is -3.74. The summed E-state index contributed by atoms with van der Waals surface area (Å²) in [4.78, 5) is 35.4. The second-order valence-electron chi connectivity index (χ2n) is 6.49. The van der Waals surface area contributed by atoms with Gasteiger partial charge < -0.3 is 20.5 Å². The predicted octanol–water partition coefficient (Wildman–Crippen LogP) is -0.0130. The molecule has 154 valence electrons. The van der Waals surface area contributed by atoms with E-state index in [4.69, 9.17) is 4.74 Å². The molecule has 0 heterocycles. The Bertz CT molecular complexity index is 835. The second kappa shape index (κ2) is 8.91. The number of carbonyl (C=O) groups excluding carboxylic acids is 2. The average Bonchev–Trinajstić information content (AvgIpc) is 3.46. The topological polar surface area (TPSA) is 151 Å². The van der Waals surface area contributed by atoms with Gasteiger partial charge in [-0.25, -0.2) is 22.7 Å². The van der Waals surface area contributed by atoms with Gasteiger partial charge in [0.25, 0.3) is 0 Å². The first-order valence-electron chi connectivity index (χ1n) is 8.60. The number of hydrogen-bond donors (Lipinski definition) is 4. The van der Waals surface area contributed by atoms with E-state index in [-0.39, 0.29) is 6.42 Å². The highest BCUT2D eigenvalue weighted by Crippen LogP contribution is 2.27. The van der Waals surface area contributed by atoms with Crippen LogP contribution in [0.1, 0.15) is 25.3 Å². The van der Waals surface area contributed by atoms with E-state index in [0.29, 0.717) is 24.2 Å². The van der Waals surface area contributed by atoms with Gasteiger partial charge in [0.1, 0.15) is 17.8 Å². The normalized spacial score (nSPS) is 15.8. The Kier molecular flexibility index (Phi) is 6.84. The van der Waals surface area contributed by atoms with Gasteiger partial charge in [0.05, 0.1) is 12.4 Å². The zero-order chi connectivity index (χ0) is 20.9. The number of urea groups is 1. The molecular weight excluding hydrogens is 390 g/mol. The fourth-order valence-corrected chi connectivity index (χ4v) is 3.62. The molecule has 1 aliphatic rings. The molecule has 11 heteroatoms. The monoisotopic (exact) mass is 413 g/mol. The third-order valence-electron chi connectivity index (χ3n) is 4.15. The molecule has 28 heavy (non-hydrogen) atoms. The summed E-state index contributed by atoms with van der Waals surface area (Å²) in [6, 6.07) is 3.32. The molecule has 2 atom stereocenters. The van der Waals surface area contributed by atoms with Crippen molar-refractivity contribution in [3.05, 3.63) is 29.8 Å². The molecule has 0 bridgehead atoms. The van der Waals surface area contributed by atoms with Crippen molar-refractivity contribution in [3.63, 3.8) is 0 Å². The lowest BCUT2D eigenvalue weighted by Crippen LogP contribution is -2.53. The summed E-state index contributed by atoms with van der Waals surface area (Å²) in [5, 5.41) is 13.3. The van der Waals surface area contributed by atoms with Gasteiger partial charge in [-0.2, -0.15) is 0 Å². The van der Waals surface area contributed by atoms with E-state index >= 15 is 0 Å². The molecule has 1 aliphatic carbocycles. The highest BCUT2D eigenvalue weighted by atomic mass is 32.2. The molecule has 1 saturated carbocycles. The number of benzene rings is 1. The van der Waals surface area contributed by atoms with E-state index in [1.807, 2.05) is 4.72 Å². The molecule has 2 rings (SSSR count). The first kappa shape index (κ1) is 21.5. The summed E-state index contributed by atoms with van der Waals surface area (Å²) < 4.78 is 30.3. The highest BCUT2D eigenvalue weighted by molar-refractivity contribution is 7.90. The number of rotatable bonds is 9. The summed E-state index contributed by atoms with van der Waals surface area (Å²) in [6.07, 6.45) is 1.01. The predicted molar refractivity (Wildman–Crippen MR) is 99.3 cm³/mol. The highest BCUT2D eigenvalue weighted by Gasteiger charge is 2.37. The summed E-state index contributed by atoms with van der Waals surface area (Å²) >= 11 is 0. The first-order valence-corrected chi connectivity index (χ1v) is 10.1. The van der Waals surface area contributed by atoms with E-state index in [1.165, 1.54) is 14.0 Å². The Hall–Kier alpha value is -2.82. The standard InChI is InChI=1S/C17H23N3O7S/c1-10(18-17(24)20-28(25,26)13-7-8-13)15(21)19-14(16(22)23)9-11-3-5-12(27-2)6-4-11/h3-6,10,13-14H,7-9H2,1-2H3,(H,19,21)(H,22,23)(H2,18,20,24)/t10-,14-/m0/s1. The van der Waals surface area contributed by atoms with Gasteiger partial charge in [0.2, 0.25) is 15.9 Å². The van der Waals surface area contributed by atoms with Crippen molar-refractivity contribution in [2.75, 3.05) is 7.11 Å². The number of sulfonamides is 1. The maximum absolute atomic E-state index is 12.2. The lowest BCUT2D eigenvalue weighted by molar-refractivity contribution is -0.142. The summed E-state index contributed by atoms with van der Waals surface area (Å²) in [5.74, 6) is -1.37. The molecule has 0 aliphatic heterocycles. The quantitative estimate of drug-likeness (QED) is 0.444. The molecule has 1 aromatic rings. The van der Waals surface area contributed by atoms with E-state index in [9.17, 15) is 27.9 Å². The van der Waals surface area contributed by atoms with Gasteiger partial charge in [-0.15, -0.1) is 0 Å². The van der Waals surface area contributed by atoms with Crippen LogP contribution in [-0.4, -0.2) is 55.9 Å². The number of hydrogen-bond acceptors (Lipinski definition) is 6. The van der Waals surface area contributed by atoms with Gasteiger partial charge in [-0.3, -0.25) is 4.79 Å². The number of methoxy groups -OCH3 is 1. The Morgan fingerprint density at radius 2 is 1.79 bits per heavy atom. The van der Waals surface area contributed by atoms with Crippen molar-refractivity contribution in [1.29, 1.82) is 0 Å². The Labute approximate surface area is 162 Å².